The largest absolute Gasteiger partial charge is 0.497 e. The number of ether oxygens (including phenoxy) is 3. The van der Waals surface area contributed by atoms with Crippen molar-refractivity contribution in [2.45, 2.75) is 37.8 Å². The lowest BCUT2D eigenvalue weighted by molar-refractivity contribution is -0.0290. The molecular weight excluding hydrogens is 366 g/mol. The number of hydrogen-bond donors (Lipinski definition) is 1. The molecule has 1 saturated heterocycles. The predicted molar refractivity (Wildman–Crippen MR) is 111 cm³/mol. The predicted octanol–water partition coefficient (Wildman–Crippen LogP) is 3.71. The number of nitrogens with one attached hydrogen (secondary N) is 1. The van der Waals surface area contributed by atoms with Crippen molar-refractivity contribution in [1.29, 1.82) is 0 Å². The standard InChI is InChI=1S/C24H29NO4/c1-27-19-9-8-17-14-24(22(28-2)21(17)13-19)10-11-25-18(15-24)12-16-6-4-5-7-20(16)23(26)29-3/h4-9,13,18,22,25H,10-12,14-15H2,1-3H3. The third-order valence-electron chi connectivity index (χ3n) is 6.57. The van der Waals surface area contributed by atoms with Crippen LogP contribution in [0.25, 0.3) is 0 Å². The van der Waals surface area contributed by atoms with Gasteiger partial charge in [0.1, 0.15) is 5.75 Å². The summed E-state index contributed by atoms with van der Waals surface area (Å²) in [4.78, 5) is 12.2. The monoisotopic (exact) mass is 395 g/mol. The smallest absolute Gasteiger partial charge is 0.338 e. The number of hydrogen-bond acceptors (Lipinski definition) is 5. The second-order valence-electron chi connectivity index (χ2n) is 8.18. The van der Waals surface area contributed by atoms with Gasteiger partial charge in [-0.1, -0.05) is 24.3 Å². The molecule has 5 nitrogen and oxygen atoms in total. The average Bonchev–Trinajstić information content (AvgIpc) is 3.04. The van der Waals surface area contributed by atoms with Crippen LogP contribution >= 0.6 is 0 Å². The van der Waals surface area contributed by atoms with E-state index in [9.17, 15) is 4.79 Å². The van der Waals surface area contributed by atoms with Crippen LogP contribution in [-0.2, 0) is 22.3 Å². The maximum absolute atomic E-state index is 12.2. The van der Waals surface area contributed by atoms with Crippen molar-refractivity contribution in [2.75, 3.05) is 27.9 Å². The summed E-state index contributed by atoms with van der Waals surface area (Å²) >= 11 is 0. The quantitative estimate of drug-likeness (QED) is 0.783. The van der Waals surface area contributed by atoms with Crippen LogP contribution in [0.3, 0.4) is 0 Å². The van der Waals surface area contributed by atoms with E-state index < -0.39 is 0 Å². The van der Waals surface area contributed by atoms with E-state index >= 15 is 0 Å². The molecule has 0 amide bonds. The maximum atomic E-state index is 12.2. The molecule has 2 aromatic carbocycles. The van der Waals surface area contributed by atoms with E-state index in [0.29, 0.717) is 5.56 Å². The first-order valence-electron chi connectivity index (χ1n) is 10.2. The minimum Gasteiger partial charge on any atom is -0.497 e. The Balaban J connectivity index is 1.58. The van der Waals surface area contributed by atoms with Crippen molar-refractivity contribution in [3.05, 3.63) is 64.7 Å². The topological polar surface area (TPSA) is 56.8 Å². The Bertz CT molecular complexity index is 896. The highest BCUT2D eigenvalue weighted by Crippen LogP contribution is 2.54. The van der Waals surface area contributed by atoms with Gasteiger partial charge in [0.25, 0.3) is 0 Å². The van der Waals surface area contributed by atoms with Crippen LogP contribution in [0.5, 0.6) is 5.75 Å². The molecular formula is C24H29NO4. The van der Waals surface area contributed by atoms with Gasteiger partial charge < -0.3 is 19.5 Å². The Hall–Kier alpha value is -2.37. The second-order valence-corrected chi connectivity index (χ2v) is 8.18. The van der Waals surface area contributed by atoms with Gasteiger partial charge in [-0.05, 0) is 67.1 Å². The number of piperidine rings is 1. The van der Waals surface area contributed by atoms with Gasteiger partial charge in [0.15, 0.2) is 0 Å². The highest BCUT2D eigenvalue weighted by molar-refractivity contribution is 5.91. The number of carbonyl (C=O) groups excluding carboxylic acids is 1. The van der Waals surface area contributed by atoms with Crippen LogP contribution in [0.1, 0.15) is 46.0 Å². The lowest BCUT2D eigenvalue weighted by atomic mass is 9.71. The maximum Gasteiger partial charge on any atom is 0.338 e. The Morgan fingerprint density at radius 1 is 1.17 bits per heavy atom. The van der Waals surface area contributed by atoms with Crippen LogP contribution in [0.4, 0.5) is 0 Å². The van der Waals surface area contributed by atoms with Gasteiger partial charge in [0.2, 0.25) is 0 Å². The summed E-state index contributed by atoms with van der Waals surface area (Å²) in [5.74, 6) is 0.599. The fourth-order valence-electron chi connectivity index (χ4n) is 5.29. The van der Waals surface area contributed by atoms with Gasteiger partial charge in [0.05, 0.1) is 25.9 Å². The van der Waals surface area contributed by atoms with E-state index in [1.807, 2.05) is 37.4 Å². The first-order chi connectivity index (χ1) is 14.1. The third-order valence-corrected chi connectivity index (χ3v) is 6.57. The molecule has 1 aliphatic carbocycles. The minimum atomic E-state index is -0.277. The van der Waals surface area contributed by atoms with Crippen LogP contribution in [-0.4, -0.2) is 39.9 Å². The van der Waals surface area contributed by atoms with Gasteiger partial charge >= 0.3 is 5.97 Å². The highest BCUT2D eigenvalue weighted by atomic mass is 16.5. The highest BCUT2D eigenvalue weighted by Gasteiger charge is 2.49. The lowest BCUT2D eigenvalue weighted by Gasteiger charge is -2.42. The Morgan fingerprint density at radius 3 is 2.76 bits per heavy atom. The summed E-state index contributed by atoms with van der Waals surface area (Å²) in [6.07, 6.45) is 3.94. The second kappa shape index (κ2) is 8.17. The number of carbonyl (C=O) groups is 1. The Labute approximate surface area is 172 Å². The van der Waals surface area contributed by atoms with Gasteiger partial charge in [-0.15, -0.1) is 0 Å². The molecule has 0 aromatic heterocycles. The lowest BCUT2D eigenvalue weighted by Crippen LogP contribution is -2.47. The van der Waals surface area contributed by atoms with E-state index in [1.165, 1.54) is 18.2 Å². The summed E-state index contributed by atoms with van der Waals surface area (Å²) in [5, 5.41) is 3.66. The first-order valence-corrected chi connectivity index (χ1v) is 10.2. The van der Waals surface area contributed by atoms with Gasteiger partial charge in [-0.25, -0.2) is 4.79 Å². The summed E-state index contributed by atoms with van der Waals surface area (Å²) in [7, 11) is 4.94. The van der Waals surface area contributed by atoms with Gasteiger partial charge in [-0.2, -0.15) is 0 Å². The molecule has 1 spiro atoms. The fourth-order valence-corrected chi connectivity index (χ4v) is 5.29. The molecule has 2 aliphatic rings. The molecule has 3 unspecified atom stereocenters. The SMILES string of the molecule is COC(=O)c1ccccc1CC1CC2(CCN1)Cc1ccc(OC)cc1C2OC. The summed E-state index contributed by atoms with van der Waals surface area (Å²) < 4.78 is 16.5. The van der Waals surface area contributed by atoms with Crippen molar-refractivity contribution in [3.63, 3.8) is 0 Å². The zero-order chi connectivity index (χ0) is 20.4. The number of methoxy groups -OCH3 is 3. The summed E-state index contributed by atoms with van der Waals surface area (Å²) in [6.45, 7) is 0.941. The molecule has 2 aromatic rings. The molecule has 154 valence electrons. The third kappa shape index (κ3) is 3.65. The number of fused-ring (bicyclic) bond motifs is 1. The van der Waals surface area contributed by atoms with Crippen molar-refractivity contribution >= 4 is 5.97 Å². The minimum absolute atomic E-state index is 0.0630. The van der Waals surface area contributed by atoms with Crippen LogP contribution in [0.2, 0.25) is 0 Å². The number of rotatable bonds is 5. The van der Waals surface area contributed by atoms with Crippen molar-refractivity contribution in [3.8, 4) is 5.75 Å². The average molecular weight is 395 g/mol. The molecule has 3 atom stereocenters. The molecule has 4 rings (SSSR count). The van der Waals surface area contributed by atoms with Crippen molar-refractivity contribution in [2.24, 2.45) is 5.41 Å². The van der Waals surface area contributed by atoms with E-state index in [-0.39, 0.29) is 23.5 Å². The summed E-state index contributed by atoms with van der Waals surface area (Å²) in [5.41, 5.74) is 4.36. The van der Waals surface area contributed by atoms with Crippen molar-refractivity contribution in [1.82, 2.24) is 5.32 Å². The van der Waals surface area contributed by atoms with Crippen LogP contribution < -0.4 is 10.1 Å². The fraction of sp³-hybridized carbons (Fsp3) is 0.458. The van der Waals surface area contributed by atoms with E-state index in [0.717, 1.165) is 43.5 Å². The molecule has 5 heteroatoms. The van der Waals surface area contributed by atoms with Gasteiger partial charge in [0, 0.05) is 18.6 Å². The van der Waals surface area contributed by atoms with Crippen molar-refractivity contribution < 1.29 is 19.0 Å². The molecule has 0 saturated carbocycles. The molecule has 1 fully saturated rings. The number of esters is 1. The number of benzene rings is 2. The summed E-state index contributed by atoms with van der Waals surface area (Å²) in [6, 6.07) is 14.4. The van der Waals surface area contributed by atoms with E-state index in [2.05, 4.69) is 17.4 Å². The Morgan fingerprint density at radius 2 is 2.00 bits per heavy atom. The zero-order valence-corrected chi connectivity index (χ0v) is 17.4. The molecule has 29 heavy (non-hydrogen) atoms. The zero-order valence-electron chi connectivity index (χ0n) is 17.4. The van der Waals surface area contributed by atoms with E-state index in [1.54, 1.807) is 7.11 Å². The van der Waals surface area contributed by atoms with Crippen LogP contribution in [0, 0.1) is 5.41 Å². The first kappa shape index (κ1) is 19.9. The molecule has 1 heterocycles. The molecule has 0 bridgehead atoms. The molecule has 1 aliphatic heterocycles. The normalized spacial score (nSPS) is 25.6. The van der Waals surface area contributed by atoms with Crippen LogP contribution in [0.15, 0.2) is 42.5 Å². The van der Waals surface area contributed by atoms with E-state index in [4.69, 9.17) is 14.2 Å². The molecule has 1 N–H and O–H groups in total. The Kier molecular flexibility index (Phi) is 5.61. The molecule has 0 radical (unpaired) electrons. The van der Waals surface area contributed by atoms with Gasteiger partial charge in [-0.3, -0.25) is 0 Å².